The molecule has 1 N–H and O–H groups in total. The molecule has 1 aromatic carbocycles. The Bertz CT molecular complexity index is 697. The van der Waals surface area contributed by atoms with Crippen LogP contribution in [0.1, 0.15) is 43.5 Å². The summed E-state index contributed by atoms with van der Waals surface area (Å²) in [5, 5.41) is 3.31. The Kier molecular flexibility index (Phi) is 5.65. The van der Waals surface area contributed by atoms with E-state index in [0.29, 0.717) is 12.4 Å². The van der Waals surface area contributed by atoms with E-state index in [4.69, 9.17) is 4.42 Å². The van der Waals surface area contributed by atoms with Crippen LogP contribution in [0.3, 0.4) is 0 Å². The second-order valence-electron chi connectivity index (χ2n) is 7.05. The van der Waals surface area contributed by atoms with Gasteiger partial charge in [-0.1, -0.05) is 45.0 Å². The molecule has 0 spiro atoms. The normalized spacial score (nSPS) is 12.3. The number of aliphatic imine (C=N–C) groups is 1. The third-order valence-corrected chi connectivity index (χ3v) is 3.93. The number of rotatable bonds is 4. The summed E-state index contributed by atoms with van der Waals surface area (Å²) in [6, 6.07) is 8.39. The Labute approximate surface area is 144 Å². The first-order valence-corrected chi connectivity index (χ1v) is 8.22. The van der Waals surface area contributed by atoms with Crippen molar-refractivity contribution in [2.75, 3.05) is 14.1 Å². The van der Waals surface area contributed by atoms with Gasteiger partial charge < -0.3 is 14.6 Å². The number of benzene rings is 1. The van der Waals surface area contributed by atoms with Gasteiger partial charge in [-0.05, 0) is 18.1 Å². The molecular weight excluding hydrogens is 300 g/mol. The summed E-state index contributed by atoms with van der Waals surface area (Å²) in [7, 11) is 3.81. The number of nitrogens with zero attached hydrogens (tertiary/aromatic N) is 3. The maximum atomic E-state index is 5.81. The van der Waals surface area contributed by atoms with Crippen LogP contribution >= 0.6 is 0 Å². The second-order valence-corrected chi connectivity index (χ2v) is 7.05. The Hall–Kier alpha value is -2.30. The summed E-state index contributed by atoms with van der Waals surface area (Å²) in [6.07, 6.45) is 1.80. The van der Waals surface area contributed by atoms with Gasteiger partial charge in [0.05, 0.1) is 12.7 Å². The zero-order valence-electron chi connectivity index (χ0n) is 15.6. The van der Waals surface area contributed by atoms with E-state index in [1.54, 1.807) is 13.2 Å². The molecule has 0 unspecified atom stereocenters. The lowest BCUT2D eigenvalue weighted by atomic mass is 9.94. The third kappa shape index (κ3) is 4.60. The van der Waals surface area contributed by atoms with Crippen LogP contribution in [0.15, 0.2) is 39.9 Å². The Morgan fingerprint density at radius 1 is 1.29 bits per heavy atom. The minimum absolute atomic E-state index is 0.0332. The summed E-state index contributed by atoms with van der Waals surface area (Å²) >= 11 is 0. The lowest BCUT2D eigenvalue weighted by molar-refractivity contribution is 0.376. The highest BCUT2D eigenvalue weighted by molar-refractivity contribution is 5.79. The van der Waals surface area contributed by atoms with Crippen molar-refractivity contribution < 1.29 is 4.42 Å². The van der Waals surface area contributed by atoms with Gasteiger partial charge >= 0.3 is 0 Å². The molecule has 5 nitrogen and oxygen atoms in total. The molecule has 0 amide bonds. The Morgan fingerprint density at radius 2 is 2.00 bits per heavy atom. The van der Waals surface area contributed by atoms with Crippen molar-refractivity contribution >= 4 is 5.96 Å². The van der Waals surface area contributed by atoms with Gasteiger partial charge in [-0.15, -0.1) is 0 Å². The van der Waals surface area contributed by atoms with Crippen LogP contribution in [-0.4, -0.2) is 29.9 Å². The zero-order valence-corrected chi connectivity index (χ0v) is 15.6. The largest absolute Gasteiger partial charge is 0.443 e. The maximum Gasteiger partial charge on any atom is 0.213 e. The highest BCUT2D eigenvalue weighted by atomic mass is 16.4. The first kappa shape index (κ1) is 18.0. The quantitative estimate of drug-likeness (QED) is 0.689. The van der Waals surface area contributed by atoms with Crippen LogP contribution < -0.4 is 5.32 Å². The van der Waals surface area contributed by atoms with Gasteiger partial charge in [0.1, 0.15) is 5.76 Å². The van der Waals surface area contributed by atoms with Crippen molar-refractivity contribution in [3.63, 3.8) is 0 Å². The summed E-state index contributed by atoms with van der Waals surface area (Å²) in [5.74, 6) is 2.38. The predicted octanol–water partition coefficient (Wildman–Crippen LogP) is 3.49. The summed E-state index contributed by atoms with van der Waals surface area (Å²) < 4.78 is 5.81. The molecule has 130 valence electrons. The Morgan fingerprint density at radius 3 is 2.58 bits per heavy atom. The molecule has 0 radical (unpaired) electrons. The van der Waals surface area contributed by atoms with Gasteiger partial charge in [0.15, 0.2) is 5.96 Å². The third-order valence-electron chi connectivity index (χ3n) is 3.93. The first-order valence-electron chi connectivity index (χ1n) is 8.22. The van der Waals surface area contributed by atoms with E-state index in [2.05, 4.69) is 72.2 Å². The number of hydrogen-bond donors (Lipinski definition) is 1. The van der Waals surface area contributed by atoms with Gasteiger partial charge in [-0.25, -0.2) is 4.98 Å². The monoisotopic (exact) mass is 328 g/mol. The van der Waals surface area contributed by atoms with Crippen molar-refractivity contribution in [2.45, 2.75) is 46.2 Å². The summed E-state index contributed by atoms with van der Waals surface area (Å²) in [6.45, 7) is 9.77. The molecule has 0 fully saturated rings. The molecule has 0 aliphatic carbocycles. The second kappa shape index (κ2) is 7.51. The number of aromatic nitrogens is 1. The van der Waals surface area contributed by atoms with E-state index in [1.807, 2.05) is 7.05 Å². The molecule has 24 heavy (non-hydrogen) atoms. The predicted molar refractivity (Wildman–Crippen MR) is 98.0 cm³/mol. The minimum Gasteiger partial charge on any atom is -0.443 e. The average Bonchev–Trinajstić information content (AvgIpc) is 2.99. The van der Waals surface area contributed by atoms with E-state index in [1.165, 1.54) is 11.1 Å². The van der Waals surface area contributed by atoms with Gasteiger partial charge in [0.2, 0.25) is 5.89 Å². The molecule has 0 saturated heterocycles. The van der Waals surface area contributed by atoms with Gasteiger partial charge in [-0.3, -0.25) is 4.99 Å². The molecule has 0 atom stereocenters. The standard InChI is InChI=1S/C19H28N4O/c1-14-9-7-8-10-15(14)13-23(6)18(20-5)22-12-17-21-11-16(24-17)19(2,3)4/h7-11H,12-13H2,1-6H3,(H,20,22). The molecule has 2 aromatic rings. The Balaban J connectivity index is 1.97. The van der Waals surface area contributed by atoms with E-state index >= 15 is 0 Å². The van der Waals surface area contributed by atoms with Gasteiger partial charge in [0, 0.05) is 26.1 Å². The summed E-state index contributed by atoms with van der Waals surface area (Å²) in [4.78, 5) is 10.8. The van der Waals surface area contributed by atoms with Crippen LogP contribution in [-0.2, 0) is 18.5 Å². The fourth-order valence-electron chi connectivity index (χ4n) is 2.40. The van der Waals surface area contributed by atoms with E-state index in [-0.39, 0.29) is 5.41 Å². The zero-order chi connectivity index (χ0) is 17.7. The van der Waals surface area contributed by atoms with Gasteiger partial charge in [-0.2, -0.15) is 0 Å². The molecule has 5 heteroatoms. The molecule has 1 aromatic heterocycles. The first-order chi connectivity index (χ1) is 11.3. The topological polar surface area (TPSA) is 53.7 Å². The lowest BCUT2D eigenvalue weighted by Crippen LogP contribution is -2.38. The van der Waals surface area contributed by atoms with Crippen LogP contribution in [0.4, 0.5) is 0 Å². The fraction of sp³-hybridized carbons (Fsp3) is 0.474. The number of aryl methyl sites for hydroxylation is 1. The van der Waals surface area contributed by atoms with Crippen LogP contribution in [0.2, 0.25) is 0 Å². The van der Waals surface area contributed by atoms with E-state index < -0.39 is 0 Å². The van der Waals surface area contributed by atoms with Crippen molar-refractivity contribution in [1.29, 1.82) is 0 Å². The molecule has 1 heterocycles. The molecule has 0 bridgehead atoms. The fourth-order valence-corrected chi connectivity index (χ4v) is 2.40. The van der Waals surface area contributed by atoms with E-state index in [0.717, 1.165) is 18.3 Å². The number of nitrogens with one attached hydrogen (secondary N) is 1. The van der Waals surface area contributed by atoms with Crippen LogP contribution in [0.5, 0.6) is 0 Å². The molecule has 0 aliphatic rings. The lowest BCUT2D eigenvalue weighted by Gasteiger charge is -2.22. The summed E-state index contributed by atoms with van der Waals surface area (Å²) in [5.41, 5.74) is 2.53. The maximum absolute atomic E-state index is 5.81. The van der Waals surface area contributed by atoms with Crippen molar-refractivity contribution in [1.82, 2.24) is 15.2 Å². The minimum atomic E-state index is -0.0332. The molecule has 2 rings (SSSR count). The van der Waals surface area contributed by atoms with Crippen molar-refractivity contribution in [3.8, 4) is 0 Å². The molecule has 0 saturated carbocycles. The average molecular weight is 328 g/mol. The highest BCUT2D eigenvalue weighted by Gasteiger charge is 2.19. The van der Waals surface area contributed by atoms with Crippen LogP contribution in [0.25, 0.3) is 0 Å². The van der Waals surface area contributed by atoms with Crippen molar-refractivity contribution in [3.05, 3.63) is 53.2 Å². The van der Waals surface area contributed by atoms with Gasteiger partial charge in [0.25, 0.3) is 0 Å². The number of hydrogen-bond acceptors (Lipinski definition) is 3. The molecule has 0 aliphatic heterocycles. The molecular formula is C19H28N4O. The van der Waals surface area contributed by atoms with Crippen LogP contribution in [0, 0.1) is 6.92 Å². The van der Waals surface area contributed by atoms with Crippen molar-refractivity contribution in [2.24, 2.45) is 4.99 Å². The SMILES string of the molecule is CN=C(NCc1ncc(C(C)(C)C)o1)N(C)Cc1ccccc1C. The number of guanidine groups is 1. The highest BCUT2D eigenvalue weighted by Crippen LogP contribution is 2.22. The number of oxazole rings is 1. The van der Waals surface area contributed by atoms with E-state index in [9.17, 15) is 0 Å². The smallest absolute Gasteiger partial charge is 0.213 e.